The molecular formula is C25H25N3O2. The summed E-state index contributed by atoms with van der Waals surface area (Å²) in [4.78, 5) is 6.76. The first kappa shape index (κ1) is 19.9. The molecule has 0 bridgehead atoms. The SMILES string of the molecule is C[C@H]([C@H](Oc1ccccc1-c1nc(-c2ccccc2)no1)c1ccccc1)N(C)C. The summed E-state index contributed by atoms with van der Waals surface area (Å²) in [7, 11) is 4.11. The minimum Gasteiger partial charge on any atom is -0.483 e. The standard InChI is InChI=1S/C25H25N3O2/c1-18(28(2)3)23(19-12-6-4-7-13-19)29-22-17-11-10-16-21(22)25-26-24(27-30-25)20-14-8-5-9-15-20/h4-18,23H,1-3H3/t18-,23+/m1/s1. The summed E-state index contributed by atoms with van der Waals surface area (Å²) in [6, 6.07) is 28.0. The van der Waals surface area contributed by atoms with Crippen molar-refractivity contribution in [3.8, 4) is 28.6 Å². The van der Waals surface area contributed by atoms with Crippen LogP contribution in [0, 0.1) is 0 Å². The van der Waals surface area contributed by atoms with Crippen molar-refractivity contribution in [2.45, 2.75) is 19.1 Å². The van der Waals surface area contributed by atoms with Gasteiger partial charge in [0.25, 0.3) is 5.89 Å². The van der Waals surface area contributed by atoms with E-state index in [1.165, 1.54) is 0 Å². The van der Waals surface area contributed by atoms with Crippen LogP contribution in [0.25, 0.3) is 22.8 Å². The van der Waals surface area contributed by atoms with Gasteiger partial charge in [0.05, 0.1) is 5.56 Å². The predicted molar refractivity (Wildman–Crippen MR) is 118 cm³/mol. The highest BCUT2D eigenvalue weighted by Crippen LogP contribution is 2.34. The number of likely N-dealkylation sites (N-methyl/N-ethyl adjacent to an activating group) is 1. The van der Waals surface area contributed by atoms with Gasteiger partial charge in [-0.25, -0.2) is 0 Å². The molecule has 4 aromatic rings. The van der Waals surface area contributed by atoms with Crippen LogP contribution in [-0.2, 0) is 0 Å². The van der Waals surface area contributed by atoms with Crippen molar-refractivity contribution in [1.29, 1.82) is 0 Å². The summed E-state index contributed by atoms with van der Waals surface area (Å²) < 4.78 is 12.1. The average molecular weight is 399 g/mol. The molecule has 2 atom stereocenters. The Morgan fingerprint density at radius 1 is 0.833 bits per heavy atom. The predicted octanol–water partition coefficient (Wildman–Crippen LogP) is 5.47. The van der Waals surface area contributed by atoms with Crippen LogP contribution >= 0.6 is 0 Å². The van der Waals surface area contributed by atoms with Gasteiger partial charge in [0, 0.05) is 11.6 Å². The van der Waals surface area contributed by atoms with Gasteiger partial charge in [-0.2, -0.15) is 4.98 Å². The second kappa shape index (κ2) is 8.93. The Labute approximate surface area is 176 Å². The fourth-order valence-corrected chi connectivity index (χ4v) is 3.28. The van der Waals surface area contributed by atoms with E-state index in [0.29, 0.717) is 17.5 Å². The van der Waals surface area contributed by atoms with Gasteiger partial charge < -0.3 is 14.2 Å². The van der Waals surface area contributed by atoms with Gasteiger partial charge in [0.2, 0.25) is 5.82 Å². The molecule has 0 unspecified atom stereocenters. The number of hydrogen-bond donors (Lipinski definition) is 0. The summed E-state index contributed by atoms with van der Waals surface area (Å²) in [5.41, 5.74) is 2.80. The molecule has 0 aliphatic heterocycles. The van der Waals surface area contributed by atoms with Crippen molar-refractivity contribution in [1.82, 2.24) is 15.0 Å². The Kier molecular flexibility index (Phi) is 5.91. The molecule has 0 N–H and O–H groups in total. The Morgan fingerprint density at radius 2 is 1.47 bits per heavy atom. The molecule has 0 fully saturated rings. The average Bonchev–Trinajstić information content (AvgIpc) is 3.28. The molecule has 5 nitrogen and oxygen atoms in total. The lowest BCUT2D eigenvalue weighted by Gasteiger charge is -2.30. The monoisotopic (exact) mass is 399 g/mol. The third kappa shape index (κ3) is 4.26. The van der Waals surface area contributed by atoms with Crippen molar-refractivity contribution >= 4 is 0 Å². The molecular weight excluding hydrogens is 374 g/mol. The molecule has 5 heteroatoms. The minimum absolute atomic E-state index is 0.154. The fourth-order valence-electron chi connectivity index (χ4n) is 3.28. The van der Waals surface area contributed by atoms with Crippen LogP contribution in [0.15, 0.2) is 89.5 Å². The van der Waals surface area contributed by atoms with Crippen molar-refractivity contribution in [3.63, 3.8) is 0 Å². The summed E-state index contributed by atoms with van der Waals surface area (Å²) in [6.45, 7) is 2.15. The van der Waals surface area contributed by atoms with Gasteiger partial charge in [-0.05, 0) is 38.7 Å². The quantitative estimate of drug-likeness (QED) is 0.412. The maximum atomic E-state index is 6.55. The molecule has 1 heterocycles. The molecule has 0 amide bonds. The van der Waals surface area contributed by atoms with E-state index in [2.05, 4.69) is 48.2 Å². The fraction of sp³-hybridized carbons (Fsp3) is 0.200. The lowest BCUT2D eigenvalue weighted by molar-refractivity contribution is 0.108. The van der Waals surface area contributed by atoms with Gasteiger partial charge in [-0.1, -0.05) is 78.0 Å². The number of benzene rings is 3. The smallest absolute Gasteiger partial charge is 0.262 e. The number of ether oxygens (including phenoxy) is 1. The van der Waals surface area contributed by atoms with Crippen LogP contribution in [0.1, 0.15) is 18.6 Å². The van der Waals surface area contributed by atoms with E-state index in [-0.39, 0.29) is 12.1 Å². The zero-order chi connectivity index (χ0) is 20.9. The van der Waals surface area contributed by atoms with Crippen LogP contribution in [-0.4, -0.2) is 35.2 Å². The van der Waals surface area contributed by atoms with Crippen molar-refractivity contribution in [2.75, 3.05) is 14.1 Å². The van der Waals surface area contributed by atoms with Crippen molar-refractivity contribution in [2.24, 2.45) is 0 Å². The molecule has 0 saturated heterocycles. The van der Waals surface area contributed by atoms with Gasteiger partial charge in [-0.15, -0.1) is 0 Å². The lowest BCUT2D eigenvalue weighted by Crippen LogP contribution is -2.34. The number of rotatable bonds is 7. The maximum absolute atomic E-state index is 6.55. The number of hydrogen-bond acceptors (Lipinski definition) is 5. The Morgan fingerprint density at radius 3 is 2.17 bits per heavy atom. The van der Waals surface area contributed by atoms with Crippen LogP contribution in [0.3, 0.4) is 0 Å². The molecule has 30 heavy (non-hydrogen) atoms. The van der Waals surface area contributed by atoms with Crippen LogP contribution < -0.4 is 4.74 Å². The highest BCUT2D eigenvalue weighted by Gasteiger charge is 2.25. The third-order valence-corrected chi connectivity index (χ3v) is 5.21. The van der Waals surface area contributed by atoms with E-state index in [0.717, 1.165) is 16.7 Å². The first-order valence-electron chi connectivity index (χ1n) is 10.00. The van der Waals surface area contributed by atoms with E-state index < -0.39 is 0 Å². The summed E-state index contributed by atoms with van der Waals surface area (Å²) in [5.74, 6) is 1.71. The number of aromatic nitrogens is 2. The van der Waals surface area contributed by atoms with Crippen LogP contribution in [0.4, 0.5) is 0 Å². The van der Waals surface area contributed by atoms with Gasteiger partial charge in [0.1, 0.15) is 11.9 Å². The first-order valence-corrected chi connectivity index (χ1v) is 10.00. The van der Waals surface area contributed by atoms with E-state index in [1.54, 1.807) is 0 Å². The molecule has 4 rings (SSSR count). The lowest BCUT2D eigenvalue weighted by atomic mass is 10.0. The highest BCUT2D eigenvalue weighted by atomic mass is 16.5. The number of para-hydroxylation sites is 1. The molecule has 0 spiro atoms. The normalized spacial score (nSPS) is 13.2. The zero-order valence-electron chi connectivity index (χ0n) is 17.4. The van der Waals surface area contributed by atoms with E-state index in [9.17, 15) is 0 Å². The topological polar surface area (TPSA) is 51.4 Å². The second-order valence-electron chi connectivity index (χ2n) is 7.44. The second-order valence-corrected chi connectivity index (χ2v) is 7.44. The van der Waals surface area contributed by atoms with Crippen molar-refractivity contribution in [3.05, 3.63) is 90.5 Å². The van der Waals surface area contributed by atoms with Crippen molar-refractivity contribution < 1.29 is 9.26 Å². The Balaban J connectivity index is 1.68. The maximum Gasteiger partial charge on any atom is 0.262 e. The van der Waals surface area contributed by atoms with E-state index in [1.807, 2.05) is 72.8 Å². The summed E-state index contributed by atoms with van der Waals surface area (Å²) in [5, 5.41) is 4.15. The van der Waals surface area contributed by atoms with E-state index >= 15 is 0 Å². The van der Waals surface area contributed by atoms with Crippen LogP contribution in [0.5, 0.6) is 5.75 Å². The van der Waals surface area contributed by atoms with Gasteiger partial charge >= 0.3 is 0 Å². The third-order valence-electron chi connectivity index (χ3n) is 5.21. The molecule has 3 aromatic carbocycles. The minimum atomic E-state index is -0.154. The zero-order valence-corrected chi connectivity index (χ0v) is 17.4. The summed E-state index contributed by atoms with van der Waals surface area (Å²) >= 11 is 0. The molecule has 152 valence electrons. The molecule has 0 saturated carbocycles. The van der Waals surface area contributed by atoms with Gasteiger partial charge in [0.15, 0.2) is 0 Å². The molecule has 0 radical (unpaired) electrons. The van der Waals surface area contributed by atoms with E-state index in [4.69, 9.17) is 9.26 Å². The van der Waals surface area contributed by atoms with Gasteiger partial charge in [-0.3, -0.25) is 0 Å². The van der Waals surface area contributed by atoms with Crippen LogP contribution in [0.2, 0.25) is 0 Å². The molecule has 1 aromatic heterocycles. The number of nitrogens with zero attached hydrogens (tertiary/aromatic N) is 3. The first-order chi connectivity index (χ1) is 14.6. The Hall–Kier alpha value is -3.44. The largest absolute Gasteiger partial charge is 0.483 e. The molecule has 0 aliphatic rings. The summed E-state index contributed by atoms with van der Waals surface area (Å²) in [6.07, 6.45) is -0.154. The Bertz CT molecular complexity index is 1080. The highest BCUT2D eigenvalue weighted by molar-refractivity contribution is 5.65. The molecule has 0 aliphatic carbocycles.